The highest BCUT2D eigenvalue weighted by Gasteiger charge is 2.26. The Kier molecular flexibility index (Phi) is 4.88. The molecule has 0 aromatic heterocycles. The molecule has 1 aliphatic heterocycles. The first-order valence-corrected chi connectivity index (χ1v) is 6.94. The highest BCUT2D eigenvalue weighted by atomic mass is 19.1. The molecule has 6 heteroatoms. The number of halogens is 2. The fraction of sp³-hybridized carbons (Fsp3) is 0.467. The first-order valence-electron chi connectivity index (χ1n) is 6.94. The number of hydrogen-bond donors (Lipinski definition) is 1. The molecule has 0 radical (unpaired) electrons. The molecule has 0 saturated carbocycles. The predicted octanol–water partition coefficient (Wildman–Crippen LogP) is 2.68. The van der Waals surface area contributed by atoms with Crippen LogP contribution < -0.4 is 0 Å². The molecular weight excluding hydrogens is 280 g/mol. The summed E-state index contributed by atoms with van der Waals surface area (Å²) in [6, 6.07) is 3.33. The standard InChI is InChI=1S/C15H17F2NO3/c16-11-4-1-5-12(17)14(11)15(21)18-7-2-3-10(6-8-18)9-13(19)20/h1,4-5,10H,2-3,6-9H2,(H,19,20)/t10-/m1/s1. The van der Waals surface area contributed by atoms with Crippen molar-refractivity contribution in [2.45, 2.75) is 25.7 Å². The van der Waals surface area contributed by atoms with Gasteiger partial charge in [-0.2, -0.15) is 0 Å². The van der Waals surface area contributed by atoms with Gasteiger partial charge < -0.3 is 10.0 Å². The molecule has 0 aliphatic carbocycles. The molecular formula is C15H17F2NO3. The molecule has 1 heterocycles. The fourth-order valence-electron chi connectivity index (χ4n) is 2.68. The molecule has 1 amide bonds. The third kappa shape index (κ3) is 3.77. The number of nitrogens with zero attached hydrogens (tertiary/aromatic N) is 1. The van der Waals surface area contributed by atoms with E-state index in [-0.39, 0.29) is 12.3 Å². The van der Waals surface area contributed by atoms with Gasteiger partial charge in [0, 0.05) is 19.5 Å². The molecule has 1 atom stereocenters. The summed E-state index contributed by atoms with van der Waals surface area (Å²) in [6.45, 7) is 0.716. The molecule has 21 heavy (non-hydrogen) atoms. The Bertz CT molecular complexity index is 527. The van der Waals surface area contributed by atoms with Gasteiger partial charge in [0.05, 0.1) is 0 Å². The highest BCUT2D eigenvalue weighted by molar-refractivity contribution is 5.94. The number of rotatable bonds is 3. The number of carbonyl (C=O) groups is 2. The van der Waals surface area contributed by atoms with E-state index in [1.807, 2.05) is 0 Å². The van der Waals surface area contributed by atoms with E-state index in [0.717, 1.165) is 12.1 Å². The van der Waals surface area contributed by atoms with E-state index in [1.165, 1.54) is 11.0 Å². The van der Waals surface area contributed by atoms with Gasteiger partial charge in [-0.15, -0.1) is 0 Å². The Balaban J connectivity index is 2.08. The van der Waals surface area contributed by atoms with Crippen molar-refractivity contribution >= 4 is 11.9 Å². The summed E-state index contributed by atoms with van der Waals surface area (Å²) >= 11 is 0. The topological polar surface area (TPSA) is 57.6 Å². The summed E-state index contributed by atoms with van der Waals surface area (Å²) in [4.78, 5) is 24.4. The Hall–Kier alpha value is -1.98. The molecule has 1 fully saturated rings. The summed E-state index contributed by atoms with van der Waals surface area (Å²) in [5, 5.41) is 8.80. The number of carboxylic acid groups (broad SMARTS) is 1. The van der Waals surface area contributed by atoms with Gasteiger partial charge in [0.25, 0.3) is 5.91 Å². The van der Waals surface area contributed by atoms with Crippen molar-refractivity contribution in [3.8, 4) is 0 Å². The zero-order chi connectivity index (χ0) is 15.4. The summed E-state index contributed by atoms with van der Waals surface area (Å²) in [7, 11) is 0. The van der Waals surface area contributed by atoms with Gasteiger partial charge in [-0.1, -0.05) is 6.07 Å². The molecule has 1 saturated heterocycles. The van der Waals surface area contributed by atoms with Crippen molar-refractivity contribution in [1.29, 1.82) is 0 Å². The largest absolute Gasteiger partial charge is 0.481 e. The maximum Gasteiger partial charge on any atom is 0.303 e. The Morgan fingerprint density at radius 1 is 1.19 bits per heavy atom. The van der Waals surface area contributed by atoms with Crippen LogP contribution in [-0.4, -0.2) is 35.0 Å². The van der Waals surface area contributed by atoms with Crippen molar-refractivity contribution in [1.82, 2.24) is 4.90 Å². The molecule has 4 nitrogen and oxygen atoms in total. The second-order valence-corrected chi connectivity index (χ2v) is 5.28. The summed E-state index contributed by atoms with van der Waals surface area (Å²) in [6.07, 6.45) is 1.94. The van der Waals surface area contributed by atoms with Crippen LogP contribution in [0.5, 0.6) is 0 Å². The SMILES string of the molecule is O=C(O)C[C@@H]1CCCN(C(=O)c2c(F)cccc2F)CC1. The Labute approximate surface area is 121 Å². The summed E-state index contributed by atoms with van der Waals surface area (Å²) in [5.41, 5.74) is -0.533. The van der Waals surface area contributed by atoms with Gasteiger partial charge in [-0.3, -0.25) is 9.59 Å². The lowest BCUT2D eigenvalue weighted by Crippen LogP contribution is -2.33. The van der Waals surface area contributed by atoms with Gasteiger partial charge in [0.2, 0.25) is 0 Å². The van der Waals surface area contributed by atoms with E-state index >= 15 is 0 Å². The molecule has 2 rings (SSSR count). The van der Waals surface area contributed by atoms with Crippen LogP contribution in [0.4, 0.5) is 8.78 Å². The highest BCUT2D eigenvalue weighted by Crippen LogP contribution is 2.23. The number of hydrogen-bond acceptors (Lipinski definition) is 2. The van der Waals surface area contributed by atoms with Gasteiger partial charge in [0.1, 0.15) is 17.2 Å². The van der Waals surface area contributed by atoms with Crippen LogP contribution in [0.2, 0.25) is 0 Å². The molecule has 1 aromatic rings. The van der Waals surface area contributed by atoms with E-state index < -0.39 is 29.1 Å². The molecule has 1 aliphatic rings. The molecule has 0 unspecified atom stereocenters. The zero-order valence-electron chi connectivity index (χ0n) is 11.5. The van der Waals surface area contributed by atoms with E-state index in [2.05, 4.69) is 0 Å². The normalized spacial score (nSPS) is 19.1. The van der Waals surface area contributed by atoms with Gasteiger partial charge >= 0.3 is 5.97 Å². The van der Waals surface area contributed by atoms with E-state index in [1.54, 1.807) is 0 Å². The first-order chi connectivity index (χ1) is 9.99. The van der Waals surface area contributed by atoms with Crippen LogP contribution in [0, 0.1) is 17.6 Å². The summed E-state index contributed by atoms with van der Waals surface area (Å²) in [5.74, 6) is -3.26. The van der Waals surface area contributed by atoms with Gasteiger partial charge in [-0.25, -0.2) is 8.78 Å². The molecule has 0 spiro atoms. The molecule has 1 N–H and O–H groups in total. The average molecular weight is 297 g/mol. The van der Waals surface area contributed by atoms with Crippen LogP contribution in [0.3, 0.4) is 0 Å². The van der Waals surface area contributed by atoms with Crippen LogP contribution >= 0.6 is 0 Å². The molecule has 0 bridgehead atoms. The van der Waals surface area contributed by atoms with Gasteiger partial charge in [-0.05, 0) is 37.3 Å². The average Bonchev–Trinajstić information content (AvgIpc) is 2.63. The van der Waals surface area contributed by atoms with Crippen LogP contribution in [0.25, 0.3) is 0 Å². The van der Waals surface area contributed by atoms with Crippen molar-refractivity contribution in [2.24, 2.45) is 5.92 Å². The molecule has 1 aromatic carbocycles. The third-order valence-electron chi connectivity index (χ3n) is 3.77. The minimum absolute atomic E-state index is 0.00534. The van der Waals surface area contributed by atoms with Gasteiger partial charge in [0.15, 0.2) is 0 Å². The Morgan fingerprint density at radius 2 is 1.86 bits per heavy atom. The predicted molar refractivity (Wildman–Crippen MR) is 71.9 cm³/mol. The lowest BCUT2D eigenvalue weighted by Gasteiger charge is -2.21. The van der Waals surface area contributed by atoms with E-state index in [9.17, 15) is 18.4 Å². The number of carboxylic acids is 1. The van der Waals surface area contributed by atoms with E-state index in [4.69, 9.17) is 5.11 Å². The van der Waals surface area contributed by atoms with Crippen molar-refractivity contribution in [2.75, 3.05) is 13.1 Å². The fourth-order valence-corrected chi connectivity index (χ4v) is 2.68. The Morgan fingerprint density at radius 3 is 2.48 bits per heavy atom. The first kappa shape index (κ1) is 15.4. The molecule has 114 valence electrons. The smallest absolute Gasteiger partial charge is 0.303 e. The number of benzene rings is 1. The minimum Gasteiger partial charge on any atom is -0.481 e. The number of amides is 1. The summed E-state index contributed by atoms with van der Waals surface area (Å²) < 4.78 is 27.3. The lowest BCUT2D eigenvalue weighted by molar-refractivity contribution is -0.138. The van der Waals surface area contributed by atoms with Crippen molar-refractivity contribution in [3.05, 3.63) is 35.4 Å². The van der Waals surface area contributed by atoms with Crippen molar-refractivity contribution in [3.63, 3.8) is 0 Å². The number of likely N-dealkylation sites (tertiary alicyclic amines) is 1. The minimum atomic E-state index is -0.869. The van der Waals surface area contributed by atoms with Crippen LogP contribution in [0.15, 0.2) is 18.2 Å². The van der Waals surface area contributed by atoms with Crippen LogP contribution in [0.1, 0.15) is 36.0 Å². The quantitative estimate of drug-likeness (QED) is 0.933. The maximum atomic E-state index is 13.6. The maximum absolute atomic E-state index is 13.6. The second kappa shape index (κ2) is 6.65. The third-order valence-corrected chi connectivity index (χ3v) is 3.77. The lowest BCUT2D eigenvalue weighted by atomic mass is 9.97. The number of aliphatic carboxylic acids is 1. The second-order valence-electron chi connectivity index (χ2n) is 5.28. The number of carbonyl (C=O) groups excluding carboxylic acids is 1. The zero-order valence-corrected chi connectivity index (χ0v) is 11.5. The van der Waals surface area contributed by atoms with Crippen LogP contribution in [-0.2, 0) is 4.79 Å². The monoisotopic (exact) mass is 297 g/mol. The van der Waals surface area contributed by atoms with Crippen molar-refractivity contribution < 1.29 is 23.5 Å². The van der Waals surface area contributed by atoms with E-state index in [0.29, 0.717) is 32.4 Å².